The fraction of sp³-hybridized carbons (Fsp3) is 0.533. The largest absolute Gasteiger partial charge is 0.294 e. The molecule has 0 N–H and O–H groups in total. The molecule has 0 unspecified atom stereocenters. The van der Waals surface area contributed by atoms with E-state index in [0.29, 0.717) is 5.02 Å². The molecule has 1 rings (SSSR count). The molecule has 0 aromatic heterocycles. The Kier molecular flexibility index (Phi) is 5.70. The Morgan fingerprint density at radius 2 is 1.82 bits per heavy atom. The molecule has 1 nitrogen and oxygen atoms in total. The Morgan fingerprint density at radius 3 is 2.29 bits per heavy atom. The number of aryl methyl sites for hydroxylation is 1. The molecule has 0 fully saturated rings. The van der Waals surface area contributed by atoms with Gasteiger partial charge in [-0.05, 0) is 31.4 Å². The van der Waals surface area contributed by atoms with Crippen molar-refractivity contribution in [1.29, 1.82) is 0 Å². The summed E-state index contributed by atoms with van der Waals surface area (Å²) in [5.41, 5.74) is 1.78. The third-order valence-electron chi connectivity index (χ3n) is 3.10. The highest BCUT2D eigenvalue weighted by atomic mass is 35.5. The number of Topliss-reactive ketones (excluding diaryl/α,β-unsaturated/α-hetero) is 1. The standard InChI is InChI=1S/C15H21ClO/c1-4-6-12(7-5-2)15(17)13-9-8-11(3)14(16)10-13/h8-10,12H,4-7H2,1-3H3. The summed E-state index contributed by atoms with van der Waals surface area (Å²) in [6, 6.07) is 5.62. The van der Waals surface area contributed by atoms with Crippen molar-refractivity contribution in [3.8, 4) is 0 Å². The van der Waals surface area contributed by atoms with Crippen LogP contribution in [-0.4, -0.2) is 5.78 Å². The van der Waals surface area contributed by atoms with E-state index in [0.717, 1.165) is 36.8 Å². The summed E-state index contributed by atoms with van der Waals surface area (Å²) in [4.78, 5) is 12.3. The molecule has 0 radical (unpaired) electrons. The van der Waals surface area contributed by atoms with Gasteiger partial charge in [-0.15, -0.1) is 0 Å². The lowest BCUT2D eigenvalue weighted by molar-refractivity contribution is 0.0905. The number of benzene rings is 1. The van der Waals surface area contributed by atoms with E-state index in [1.807, 2.05) is 19.1 Å². The van der Waals surface area contributed by atoms with Crippen molar-refractivity contribution in [2.24, 2.45) is 5.92 Å². The highest BCUT2D eigenvalue weighted by molar-refractivity contribution is 6.31. The van der Waals surface area contributed by atoms with Crippen LogP contribution in [0.1, 0.15) is 55.5 Å². The van der Waals surface area contributed by atoms with Gasteiger partial charge in [0.25, 0.3) is 0 Å². The Morgan fingerprint density at radius 1 is 1.24 bits per heavy atom. The van der Waals surface area contributed by atoms with E-state index < -0.39 is 0 Å². The number of hydrogen-bond donors (Lipinski definition) is 0. The zero-order valence-electron chi connectivity index (χ0n) is 10.9. The fourth-order valence-corrected chi connectivity index (χ4v) is 2.27. The molecule has 0 heterocycles. The molecular weight excluding hydrogens is 232 g/mol. The highest BCUT2D eigenvalue weighted by Gasteiger charge is 2.18. The van der Waals surface area contributed by atoms with Crippen molar-refractivity contribution >= 4 is 17.4 Å². The van der Waals surface area contributed by atoms with Gasteiger partial charge in [0.15, 0.2) is 5.78 Å². The normalized spacial score (nSPS) is 10.9. The van der Waals surface area contributed by atoms with Gasteiger partial charge in [-0.3, -0.25) is 4.79 Å². The van der Waals surface area contributed by atoms with Gasteiger partial charge in [-0.1, -0.05) is 50.4 Å². The zero-order valence-corrected chi connectivity index (χ0v) is 11.7. The van der Waals surface area contributed by atoms with E-state index in [-0.39, 0.29) is 11.7 Å². The summed E-state index contributed by atoms with van der Waals surface area (Å²) < 4.78 is 0. The molecule has 0 aliphatic carbocycles. The van der Waals surface area contributed by atoms with Gasteiger partial charge >= 0.3 is 0 Å². The first kappa shape index (κ1) is 14.2. The van der Waals surface area contributed by atoms with Crippen LogP contribution < -0.4 is 0 Å². The second-order valence-corrected chi connectivity index (χ2v) is 5.01. The number of hydrogen-bond acceptors (Lipinski definition) is 1. The summed E-state index contributed by atoms with van der Waals surface area (Å²) >= 11 is 6.06. The van der Waals surface area contributed by atoms with Crippen LogP contribution >= 0.6 is 11.6 Å². The molecule has 0 atom stereocenters. The monoisotopic (exact) mass is 252 g/mol. The lowest BCUT2D eigenvalue weighted by atomic mass is 9.89. The van der Waals surface area contributed by atoms with Gasteiger partial charge in [0, 0.05) is 16.5 Å². The molecule has 1 aromatic rings. The fourth-order valence-electron chi connectivity index (χ4n) is 2.09. The average molecular weight is 253 g/mol. The van der Waals surface area contributed by atoms with E-state index in [9.17, 15) is 4.79 Å². The minimum Gasteiger partial charge on any atom is -0.294 e. The molecule has 0 aliphatic heterocycles. The Hall–Kier alpha value is -0.820. The average Bonchev–Trinajstić information content (AvgIpc) is 2.31. The van der Waals surface area contributed by atoms with Gasteiger partial charge in [-0.2, -0.15) is 0 Å². The quantitative estimate of drug-likeness (QED) is 0.648. The predicted molar refractivity (Wildman–Crippen MR) is 73.8 cm³/mol. The Balaban J connectivity index is 2.88. The molecule has 2 heteroatoms. The number of carbonyl (C=O) groups is 1. The lowest BCUT2D eigenvalue weighted by Crippen LogP contribution is -2.14. The first-order chi connectivity index (χ1) is 8.10. The molecule has 1 aromatic carbocycles. The topological polar surface area (TPSA) is 17.1 Å². The van der Waals surface area contributed by atoms with Gasteiger partial charge < -0.3 is 0 Å². The zero-order chi connectivity index (χ0) is 12.8. The molecule has 0 amide bonds. The van der Waals surface area contributed by atoms with Crippen LogP contribution in [-0.2, 0) is 0 Å². The van der Waals surface area contributed by atoms with E-state index in [1.165, 1.54) is 0 Å². The number of ketones is 1. The Labute approximate surface area is 109 Å². The van der Waals surface area contributed by atoms with Gasteiger partial charge in [0.1, 0.15) is 0 Å². The third kappa shape index (κ3) is 3.85. The first-order valence-electron chi connectivity index (χ1n) is 6.40. The second kappa shape index (κ2) is 6.80. The number of rotatable bonds is 6. The predicted octanol–water partition coefficient (Wildman–Crippen LogP) is 5.05. The molecule has 17 heavy (non-hydrogen) atoms. The van der Waals surface area contributed by atoms with Crippen LogP contribution in [0.15, 0.2) is 18.2 Å². The summed E-state index contributed by atoms with van der Waals surface area (Å²) in [5, 5.41) is 0.683. The van der Waals surface area contributed by atoms with Gasteiger partial charge in [-0.25, -0.2) is 0 Å². The first-order valence-corrected chi connectivity index (χ1v) is 6.78. The molecule has 0 saturated carbocycles. The van der Waals surface area contributed by atoms with Crippen molar-refractivity contribution in [3.05, 3.63) is 34.3 Å². The molecule has 0 spiro atoms. The molecular formula is C15H21ClO. The van der Waals surface area contributed by atoms with Crippen molar-refractivity contribution in [3.63, 3.8) is 0 Å². The smallest absolute Gasteiger partial charge is 0.165 e. The van der Waals surface area contributed by atoms with Crippen molar-refractivity contribution in [2.45, 2.75) is 46.5 Å². The highest BCUT2D eigenvalue weighted by Crippen LogP contribution is 2.23. The lowest BCUT2D eigenvalue weighted by Gasteiger charge is -2.14. The van der Waals surface area contributed by atoms with Crippen molar-refractivity contribution in [2.75, 3.05) is 0 Å². The van der Waals surface area contributed by atoms with Crippen LogP contribution in [0.4, 0.5) is 0 Å². The maximum Gasteiger partial charge on any atom is 0.165 e. The van der Waals surface area contributed by atoms with Crippen LogP contribution in [0.3, 0.4) is 0 Å². The van der Waals surface area contributed by atoms with E-state index >= 15 is 0 Å². The summed E-state index contributed by atoms with van der Waals surface area (Å²) in [7, 11) is 0. The maximum absolute atomic E-state index is 12.3. The van der Waals surface area contributed by atoms with Gasteiger partial charge in [0.05, 0.1) is 0 Å². The van der Waals surface area contributed by atoms with E-state index in [2.05, 4.69) is 13.8 Å². The van der Waals surface area contributed by atoms with Gasteiger partial charge in [0.2, 0.25) is 0 Å². The van der Waals surface area contributed by atoms with Crippen LogP contribution in [0.5, 0.6) is 0 Å². The Bertz CT molecular complexity index is 379. The summed E-state index contributed by atoms with van der Waals surface area (Å²) in [5.74, 6) is 0.402. The molecule has 0 bridgehead atoms. The molecule has 94 valence electrons. The maximum atomic E-state index is 12.3. The van der Waals surface area contributed by atoms with Crippen molar-refractivity contribution in [1.82, 2.24) is 0 Å². The van der Waals surface area contributed by atoms with Crippen LogP contribution in [0.2, 0.25) is 5.02 Å². The molecule has 0 saturated heterocycles. The summed E-state index contributed by atoms with van der Waals surface area (Å²) in [6.07, 6.45) is 4.04. The molecule has 0 aliphatic rings. The van der Waals surface area contributed by atoms with Crippen LogP contribution in [0.25, 0.3) is 0 Å². The second-order valence-electron chi connectivity index (χ2n) is 4.60. The number of carbonyl (C=O) groups excluding carboxylic acids is 1. The minimum absolute atomic E-state index is 0.156. The number of halogens is 1. The van der Waals surface area contributed by atoms with E-state index in [1.54, 1.807) is 6.07 Å². The minimum atomic E-state index is 0.156. The summed E-state index contributed by atoms with van der Waals surface area (Å²) in [6.45, 7) is 6.20. The SMILES string of the molecule is CCCC(CCC)C(=O)c1ccc(C)c(Cl)c1. The van der Waals surface area contributed by atoms with E-state index in [4.69, 9.17) is 11.6 Å². The third-order valence-corrected chi connectivity index (χ3v) is 3.51. The van der Waals surface area contributed by atoms with Crippen LogP contribution in [0, 0.1) is 12.8 Å². The van der Waals surface area contributed by atoms with Crippen molar-refractivity contribution < 1.29 is 4.79 Å².